The third-order valence-electron chi connectivity index (χ3n) is 8.21. The molecule has 0 saturated carbocycles. The molecular weight excluding hydrogens is 655 g/mol. The smallest absolute Gasteiger partial charge is 0.375 e. The molecule has 1 aliphatic heterocycles. The third-order valence-corrected chi connectivity index (χ3v) is 8.90. The number of alkyl halides is 3. The first-order valence-corrected chi connectivity index (χ1v) is 14.9. The molecule has 2 atom stereocenters. The Kier molecular flexibility index (Phi) is 7.68. The maximum atomic E-state index is 14.3. The van der Waals surface area contributed by atoms with Gasteiger partial charge in [-0.2, -0.15) is 18.3 Å². The summed E-state index contributed by atoms with van der Waals surface area (Å²) in [5.41, 5.74) is 2.82. The van der Waals surface area contributed by atoms with Crippen LogP contribution in [0, 0.1) is 6.92 Å². The molecule has 2 aromatic carbocycles. The minimum Gasteiger partial charge on any atom is -0.375 e. The number of hydrogen-bond acceptors (Lipinski definition) is 6. The average molecular weight is 685 g/mol. The highest BCUT2D eigenvalue weighted by molar-refractivity contribution is 9.10. The fraction of sp³-hybridized carbons (Fsp3) is 0.323. The van der Waals surface area contributed by atoms with Crippen LogP contribution in [0.25, 0.3) is 22.7 Å². The van der Waals surface area contributed by atoms with Crippen molar-refractivity contribution in [3.63, 3.8) is 0 Å². The van der Waals surface area contributed by atoms with E-state index in [2.05, 4.69) is 20.9 Å². The standard InChI is InChI=1S/C31H29BrF3N7O3/c1-16-10-21-26(14-40(16)28(43)19-6-8-23(32)22(12-19)31(33,34)35)37-30(42-17(2)11-24(38-42)18(3)45-5)41(29(21)44)20-7-9-27-25(13-20)36-15-39(27)4/h6-9,11-13,15-16,18H,10,14H2,1-5H3/t16-,18?/m1/s1. The summed E-state index contributed by atoms with van der Waals surface area (Å²) in [5.74, 6) is -0.392. The molecule has 1 amide bonds. The second-order valence-electron chi connectivity index (χ2n) is 11.2. The van der Waals surface area contributed by atoms with Gasteiger partial charge in [0.1, 0.15) is 0 Å². The summed E-state index contributed by atoms with van der Waals surface area (Å²) in [6, 6.07) is 10.2. The van der Waals surface area contributed by atoms with Crippen LogP contribution in [0.3, 0.4) is 0 Å². The van der Waals surface area contributed by atoms with E-state index in [9.17, 15) is 22.8 Å². The molecule has 1 unspecified atom stereocenters. The number of hydrogen-bond donors (Lipinski definition) is 0. The Labute approximate surface area is 264 Å². The van der Waals surface area contributed by atoms with Crippen LogP contribution in [0.15, 0.2) is 58.1 Å². The van der Waals surface area contributed by atoms with Gasteiger partial charge in [0.2, 0.25) is 5.95 Å². The molecule has 6 rings (SSSR count). The number of aromatic nitrogens is 6. The highest BCUT2D eigenvalue weighted by atomic mass is 79.9. The molecular formula is C31H29BrF3N7O3. The molecule has 0 aliphatic carbocycles. The van der Waals surface area contributed by atoms with E-state index in [4.69, 9.17) is 14.8 Å². The van der Waals surface area contributed by atoms with Gasteiger partial charge in [0, 0.05) is 41.5 Å². The van der Waals surface area contributed by atoms with E-state index in [1.807, 2.05) is 43.7 Å². The topological polar surface area (TPSA) is 100 Å². The van der Waals surface area contributed by atoms with E-state index in [0.717, 1.165) is 11.6 Å². The van der Waals surface area contributed by atoms with Crippen molar-refractivity contribution in [3.8, 4) is 11.6 Å². The minimum atomic E-state index is -4.64. The molecule has 10 nitrogen and oxygen atoms in total. The zero-order valence-electron chi connectivity index (χ0n) is 25.1. The number of carbonyl (C=O) groups excluding carboxylic acids is 1. The first kappa shape index (κ1) is 30.7. The number of fused-ring (bicyclic) bond motifs is 2. The molecule has 3 aromatic heterocycles. The van der Waals surface area contributed by atoms with E-state index in [1.54, 1.807) is 31.1 Å². The highest BCUT2D eigenvalue weighted by Gasteiger charge is 2.36. The molecule has 4 heterocycles. The molecule has 234 valence electrons. The van der Waals surface area contributed by atoms with Crippen molar-refractivity contribution in [1.29, 1.82) is 0 Å². The number of ether oxygens (including phenoxy) is 1. The van der Waals surface area contributed by atoms with Crippen LogP contribution in [-0.2, 0) is 30.9 Å². The summed E-state index contributed by atoms with van der Waals surface area (Å²) in [6.07, 6.45) is -3.12. The van der Waals surface area contributed by atoms with Crippen LogP contribution in [0.1, 0.15) is 58.5 Å². The lowest BCUT2D eigenvalue weighted by Gasteiger charge is -2.34. The Morgan fingerprint density at radius 2 is 1.91 bits per heavy atom. The first-order valence-electron chi connectivity index (χ1n) is 14.1. The maximum absolute atomic E-state index is 14.3. The number of rotatable bonds is 5. The molecule has 0 N–H and O–H groups in total. The van der Waals surface area contributed by atoms with Gasteiger partial charge < -0.3 is 14.2 Å². The quantitative estimate of drug-likeness (QED) is 0.236. The number of methoxy groups -OCH3 is 1. The Morgan fingerprint density at radius 3 is 2.62 bits per heavy atom. The number of aryl methyl sites for hydroxylation is 2. The second kappa shape index (κ2) is 11.2. The predicted molar refractivity (Wildman–Crippen MR) is 164 cm³/mol. The van der Waals surface area contributed by atoms with Crippen LogP contribution in [0.4, 0.5) is 13.2 Å². The van der Waals surface area contributed by atoms with Crippen LogP contribution in [0.5, 0.6) is 0 Å². The zero-order chi connectivity index (χ0) is 32.4. The van der Waals surface area contributed by atoms with Gasteiger partial charge >= 0.3 is 6.18 Å². The van der Waals surface area contributed by atoms with Crippen LogP contribution < -0.4 is 5.56 Å². The summed E-state index contributed by atoms with van der Waals surface area (Å²) in [4.78, 5) is 38.8. The molecule has 45 heavy (non-hydrogen) atoms. The van der Waals surface area contributed by atoms with Gasteiger partial charge in [-0.3, -0.25) is 9.59 Å². The SMILES string of the molecule is COC(C)c1cc(C)n(-c2nc3c(c(=O)n2-c2ccc4c(c2)ncn4C)C[C@@H](C)N(C(=O)c2ccc(Br)c(C(F)(F)F)c2)C3)n1. The number of halogens is 4. The minimum absolute atomic E-state index is 0.0727. The molecule has 14 heteroatoms. The van der Waals surface area contributed by atoms with Crippen LogP contribution >= 0.6 is 15.9 Å². The number of carbonyl (C=O) groups is 1. The summed E-state index contributed by atoms with van der Waals surface area (Å²) < 4.78 is 51.0. The summed E-state index contributed by atoms with van der Waals surface area (Å²) in [6.45, 7) is 5.38. The Balaban J connectivity index is 1.50. The van der Waals surface area contributed by atoms with Crippen molar-refractivity contribution in [2.24, 2.45) is 7.05 Å². The molecule has 1 aliphatic rings. The van der Waals surface area contributed by atoms with E-state index in [1.165, 1.54) is 21.6 Å². The van der Waals surface area contributed by atoms with Gasteiger partial charge in [-0.1, -0.05) is 15.9 Å². The normalized spacial score (nSPS) is 15.8. The Morgan fingerprint density at radius 1 is 1.16 bits per heavy atom. The summed E-state index contributed by atoms with van der Waals surface area (Å²) in [5, 5.41) is 4.71. The molecule has 0 radical (unpaired) electrons. The van der Waals surface area contributed by atoms with Crippen LogP contribution in [-0.4, -0.2) is 52.8 Å². The molecule has 0 spiro atoms. The lowest BCUT2D eigenvalue weighted by Crippen LogP contribution is -2.46. The lowest BCUT2D eigenvalue weighted by molar-refractivity contribution is -0.138. The Bertz CT molecular complexity index is 2030. The first-order chi connectivity index (χ1) is 21.3. The van der Waals surface area contributed by atoms with Crippen LogP contribution in [0.2, 0.25) is 0 Å². The summed E-state index contributed by atoms with van der Waals surface area (Å²) in [7, 11) is 3.45. The highest BCUT2D eigenvalue weighted by Crippen LogP contribution is 2.36. The van der Waals surface area contributed by atoms with Crippen molar-refractivity contribution in [3.05, 3.63) is 97.4 Å². The average Bonchev–Trinajstić information content (AvgIpc) is 3.57. The van der Waals surface area contributed by atoms with Crippen molar-refractivity contribution in [2.45, 2.75) is 52.1 Å². The van der Waals surface area contributed by atoms with E-state index >= 15 is 0 Å². The van der Waals surface area contributed by atoms with Gasteiger partial charge in [-0.05, 0) is 69.7 Å². The van der Waals surface area contributed by atoms with Gasteiger partial charge in [-0.15, -0.1) is 0 Å². The summed E-state index contributed by atoms with van der Waals surface area (Å²) >= 11 is 2.93. The lowest BCUT2D eigenvalue weighted by atomic mass is 9.98. The molecule has 0 bridgehead atoms. The number of amides is 1. The monoisotopic (exact) mass is 683 g/mol. The number of imidazole rings is 1. The molecule has 0 saturated heterocycles. The van der Waals surface area contributed by atoms with Crippen molar-refractivity contribution in [2.75, 3.05) is 7.11 Å². The van der Waals surface area contributed by atoms with E-state index in [0.29, 0.717) is 33.8 Å². The van der Waals surface area contributed by atoms with Gasteiger partial charge in [0.25, 0.3) is 11.5 Å². The number of nitrogens with zero attached hydrogens (tertiary/aromatic N) is 7. The van der Waals surface area contributed by atoms with E-state index in [-0.39, 0.29) is 40.6 Å². The zero-order valence-corrected chi connectivity index (χ0v) is 26.6. The fourth-order valence-electron chi connectivity index (χ4n) is 5.62. The largest absolute Gasteiger partial charge is 0.417 e. The van der Waals surface area contributed by atoms with Crippen molar-refractivity contribution >= 4 is 32.9 Å². The van der Waals surface area contributed by atoms with Crippen molar-refractivity contribution < 1.29 is 22.7 Å². The predicted octanol–water partition coefficient (Wildman–Crippen LogP) is 5.69. The fourth-order valence-corrected chi connectivity index (χ4v) is 6.09. The maximum Gasteiger partial charge on any atom is 0.417 e. The Hall–Kier alpha value is -4.30. The second-order valence-corrected chi connectivity index (χ2v) is 12.0. The van der Waals surface area contributed by atoms with E-state index < -0.39 is 23.7 Å². The van der Waals surface area contributed by atoms with Crippen molar-refractivity contribution in [1.82, 2.24) is 33.8 Å². The van der Waals surface area contributed by atoms with Gasteiger partial charge in [0.15, 0.2) is 0 Å². The third kappa shape index (κ3) is 5.35. The number of benzene rings is 2. The molecule has 0 fully saturated rings. The molecule has 5 aromatic rings. The van der Waals surface area contributed by atoms with Gasteiger partial charge in [0.05, 0.1) is 52.6 Å². The van der Waals surface area contributed by atoms with Gasteiger partial charge in [-0.25, -0.2) is 19.2 Å².